The minimum absolute atomic E-state index is 0.705. The Hall–Kier alpha value is -5.63. The van der Waals surface area contributed by atoms with Crippen molar-refractivity contribution in [1.29, 1.82) is 0 Å². The first-order chi connectivity index (χ1) is 25.8. The third kappa shape index (κ3) is 4.76. The topological polar surface area (TPSA) is 18.6 Å². The van der Waals surface area contributed by atoms with Gasteiger partial charge in [-0.25, -0.2) is 0 Å². The van der Waals surface area contributed by atoms with E-state index in [0.29, 0.717) is 0 Å². The summed E-state index contributed by atoms with van der Waals surface area (Å²) in [7, 11) is 0. The summed E-state index contributed by atoms with van der Waals surface area (Å²) in [4.78, 5) is 8.17. The third-order valence-electron chi connectivity index (χ3n) is 10.3. The first-order valence-electron chi connectivity index (χ1n) is 17.6. The van der Waals surface area contributed by atoms with Gasteiger partial charge >= 0.3 is 318 Å². The molecule has 9 aromatic rings. The maximum atomic E-state index is 5.66. The van der Waals surface area contributed by atoms with Gasteiger partial charge in [-0.1, -0.05) is 0 Å². The second-order valence-corrected chi connectivity index (χ2v) is 17.1. The van der Waals surface area contributed by atoms with Gasteiger partial charge in [0.1, 0.15) is 0 Å². The van der Waals surface area contributed by atoms with E-state index in [0.717, 1.165) is 21.8 Å². The molecule has 0 unspecified atom stereocenters. The van der Waals surface area contributed by atoms with E-state index in [9.17, 15) is 0 Å². The van der Waals surface area contributed by atoms with Crippen molar-refractivity contribution < 1.29 is 24.3 Å². The van der Waals surface area contributed by atoms with Crippen LogP contribution in [0, 0.1) is 0 Å². The van der Waals surface area contributed by atoms with E-state index >= 15 is 0 Å². The summed E-state index contributed by atoms with van der Waals surface area (Å²) < 4.78 is 6.39. The average molecular weight is 796 g/mol. The van der Waals surface area contributed by atoms with Gasteiger partial charge in [0.2, 0.25) is 0 Å². The molecule has 0 saturated carbocycles. The van der Waals surface area contributed by atoms with Crippen LogP contribution >= 0.6 is 11.3 Å². The number of fused-ring (bicyclic) bond motifs is 7. The number of thiophene rings is 1. The van der Waals surface area contributed by atoms with Crippen LogP contribution in [0.3, 0.4) is 0 Å². The van der Waals surface area contributed by atoms with Crippen LogP contribution in [0.1, 0.15) is 11.1 Å². The van der Waals surface area contributed by atoms with Crippen molar-refractivity contribution in [2.75, 3.05) is 4.90 Å². The van der Waals surface area contributed by atoms with Crippen molar-refractivity contribution in [3.63, 3.8) is 0 Å². The number of rotatable bonds is 4. The van der Waals surface area contributed by atoms with Crippen molar-refractivity contribution in [3.05, 3.63) is 181 Å². The fourth-order valence-corrected chi connectivity index (χ4v) is 11.8. The molecule has 8 aromatic carbocycles. The molecule has 0 amide bonds. The Morgan fingerprint density at radius 1 is 0.538 bits per heavy atom. The normalized spacial score (nSPS) is 13.9. The zero-order valence-corrected chi connectivity index (χ0v) is 31.0. The molecular weight excluding hydrogens is 766 g/mol. The van der Waals surface area contributed by atoms with Gasteiger partial charge < -0.3 is 0 Å². The van der Waals surface area contributed by atoms with Crippen molar-refractivity contribution in [2.24, 2.45) is 4.99 Å². The summed E-state index contributed by atoms with van der Waals surface area (Å²) >= 11 is 1.18. The van der Waals surface area contributed by atoms with Gasteiger partial charge in [-0.15, -0.1) is 0 Å². The third-order valence-corrected chi connectivity index (χ3v) is 14.0. The molecule has 52 heavy (non-hydrogen) atoms. The Balaban J connectivity index is 1.08. The van der Waals surface area contributed by atoms with Crippen LogP contribution in [0.25, 0.3) is 64.0 Å². The van der Waals surface area contributed by atoms with Crippen LogP contribution in [0.15, 0.2) is 175 Å². The summed E-state index contributed by atoms with van der Waals surface area (Å²) in [6, 6.07) is 62.2. The van der Waals surface area contributed by atoms with Crippen LogP contribution < -0.4 is 26.4 Å². The fraction of sp³-hybridized carbons (Fsp3) is 0.0213. The number of aliphatic imine (C=N–C) groups is 1. The molecule has 0 fully saturated rings. The standard InChI is InChI=1S/C47H30IN3S/c1-2-10-31(11-3-1)32-21-23-35(24-22-32)46-49-47(48-50(46)29-30-20-26-38-37-16-6-7-19-42(37)52-43(38)28-30)51-41-18-9-14-34-13-8-17-39(44(34)41)40-27-25-33-12-4-5-15-36(33)45(40)51/h1-28H,29H2. The predicted octanol–water partition coefficient (Wildman–Crippen LogP) is 9.18. The Bertz CT molecular complexity index is 2950. The molecular formula is C47H30IN3S. The van der Waals surface area contributed by atoms with E-state index in [2.05, 4.69) is 178 Å². The molecule has 0 spiro atoms. The molecule has 2 aliphatic heterocycles. The molecule has 0 aliphatic carbocycles. The van der Waals surface area contributed by atoms with E-state index in [1.165, 1.54) is 80.9 Å². The van der Waals surface area contributed by atoms with Gasteiger partial charge in [0, 0.05) is 0 Å². The number of nitrogens with zero attached hydrogens (tertiary/aromatic N) is 3. The predicted molar refractivity (Wildman–Crippen MR) is 216 cm³/mol. The zero-order valence-electron chi connectivity index (χ0n) is 28.0. The van der Waals surface area contributed by atoms with Crippen molar-refractivity contribution in [2.45, 2.75) is 6.54 Å². The molecule has 0 atom stereocenters. The summed E-state index contributed by atoms with van der Waals surface area (Å²) in [5.41, 5.74) is 9.88. The summed E-state index contributed by atoms with van der Waals surface area (Å²) in [6.45, 7) is 0.803. The summed E-state index contributed by atoms with van der Waals surface area (Å²) in [5.74, 6) is 1.05. The molecule has 0 N–H and O–H groups in total. The van der Waals surface area contributed by atoms with Gasteiger partial charge in [-0.2, -0.15) is 0 Å². The Morgan fingerprint density at radius 2 is 1.25 bits per heavy atom. The Kier molecular flexibility index (Phi) is 6.92. The zero-order chi connectivity index (χ0) is 34.2. The Labute approximate surface area is 316 Å². The molecule has 3 heterocycles. The molecule has 246 valence electrons. The number of halogens is 1. The van der Waals surface area contributed by atoms with Gasteiger partial charge in [0.05, 0.1) is 0 Å². The molecule has 0 radical (unpaired) electrons. The second kappa shape index (κ2) is 12.0. The first-order valence-corrected chi connectivity index (χ1v) is 20.4. The second-order valence-electron chi connectivity index (χ2n) is 13.4. The van der Waals surface area contributed by atoms with E-state index in [-0.39, 0.29) is 0 Å². The fourth-order valence-electron chi connectivity index (χ4n) is 7.92. The van der Waals surface area contributed by atoms with Crippen LogP contribution in [-0.2, 0) is 6.54 Å². The SMILES string of the molecule is c1ccc(-c2ccc(C3=[N+](Cc4ccc5c(c4)sc4ccccc45)[I-]C(N4c5c(ccc6ccccc56)-c5cccc6cccc4c56)=N3)cc2)cc1. The van der Waals surface area contributed by atoms with Crippen LogP contribution in [-0.4, -0.2) is 12.5 Å². The Morgan fingerprint density at radius 3 is 2.13 bits per heavy atom. The van der Waals surface area contributed by atoms with E-state index < -0.39 is 21.5 Å². The quantitative estimate of drug-likeness (QED) is 0.0989. The van der Waals surface area contributed by atoms with Crippen molar-refractivity contribution >= 4 is 74.1 Å². The number of amidine groups is 2. The molecule has 5 heteroatoms. The maximum absolute atomic E-state index is 5.66. The number of hydrogen-bond donors (Lipinski definition) is 0. The van der Waals surface area contributed by atoms with Crippen LogP contribution in [0.5, 0.6) is 0 Å². The number of anilines is 2. The van der Waals surface area contributed by atoms with Gasteiger partial charge in [-0.3, -0.25) is 0 Å². The van der Waals surface area contributed by atoms with Gasteiger partial charge in [-0.05, 0) is 0 Å². The van der Waals surface area contributed by atoms with Crippen LogP contribution in [0.4, 0.5) is 11.4 Å². The number of benzene rings is 8. The first kappa shape index (κ1) is 30.0. The molecule has 0 bridgehead atoms. The molecule has 2 aliphatic rings. The average Bonchev–Trinajstić information content (AvgIpc) is 3.79. The minimum atomic E-state index is -0.705. The van der Waals surface area contributed by atoms with Gasteiger partial charge in [0.25, 0.3) is 0 Å². The van der Waals surface area contributed by atoms with E-state index in [4.69, 9.17) is 4.99 Å². The van der Waals surface area contributed by atoms with Crippen LogP contribution in [0.2, 0.25) is 0 Å². The molecule has 1 aromatic heterocycles. The number of hydrogen-bond acceptors (Lipinski definition) is 3. The van der Waals surface area contributed by atoms with Crippen molar-refractivity contribution in [3.8, 4) is 22.3 Å². The molecule has 3 nitrogen and oxygen atoms in total. The monoisotopic (exact) mass is 795 g/mol. The summed E-state index contributed by atoms with van der Waals surface area (Å²) in [5, 5.41) is 7.71. The van der Waals surface area contributed by atoms with Crippen molar-refractivity contribution in [1.82, 2.24) is 0 Å². The van der Waals surface area contributed by atoms with E-state index in [1.807, 2.05) is 11.3 Å². The van der Waals surface area contributed by atoms with Gasteiger partial charge in [0.15, 0.2) is 0 Å². The molecule has 0 saturated heterocycles. The van der Waals surface area contributed by atoms with E-state index in [1.54, 1.807) is 0 Å². The molecule has 11 rings (SSSR count). The summed E-state index contributed by atoms with van der Waals surface area (Å²) in [6.07, 6.45) is 0.